The Morgan fingerprint density at radius 2 is 2.06 bits per heavy atom. The zero-order valence-electron chi connectivity index (χ0n) is 9.30. The number of ether oxygens (including phenoxy) is 1. The Balaban J connectivity index is 2.04. The van der Waals surface area contributed by atoms with E-state index < -0.39 is 7.12 Å². The van der Waals surface area contributed by atoms with Gasteiger partial charge in [-0.15, -0.1) is 11.3 Å². The van der Waals surface area contributed by atoms with Crippen molar-refractivity contribution in [3.05, 3.63) is 17.0 Å². The predicted octanol–water partition coefficient (Wildman–Crippen LogP) is -0.179. The van der Waals surface area contributed by atoms with E-state index in [9.17, 15) is 0 Å². The third-order valence-electron chi connectivity index (χ3n) is 2.91. The van der Waals surface area contributed by atoms with Crippen LogP contribution in [-0.4, -0.2) is 48.4 Å². The van der Waals surface area contributed by atoms with Gasteiger partial charge in [-0.3, -0.25) is 4.90 Å². The van der Waals surface area contributed by atoms with Crippen LogP contribution < -0.4 is 4.78 Å². The Morgan fingerprint density at radius 3 is 2.62 bits per heavy atom. The molecule has 0 radical (unpaired) electrons. The lowest BCUT2D eigenvalue weighted by atomic mass is 9.90. The standard InChI is InChI=1S/C10H16BNO3S/c1-8(12-4-6-15-7-5-12)9-2-3-10(16-9)11(13)14/h2-3,8,13-14H,4-7H2,1H3/t8-/m1/s1. The van der Waals surface area contributed by atoms with E-state index in [2.05, 4.69) is 11.8 Å². The Hall–Kier alpha value is -0.395. The molecule has 1 saturated heterocycles. The van der Waals surface area contributed by atoms with Crippen molar-refractivity contribution in [3.8, 4) is 0 Å². The van der Waals surface area contributed by atoms with Crippen LogP contribution in [0.3, 0.4) is 0 Å². The molecule has 4 nitrogen and oxygen atoms in total. The third kappa shape index (κ3) is 2.64. The van der Waals surface area contributed by atoms with Gasteiger partial charge in [0.25, 0.3) is 0 Å². The first-order valence-electron chi connectivity index (χ1n) is 5.46. The summed E-state index contributed by atoms with van der Waals surface area (Å²) in [5, 5.41) is 18.1. The normalized spacial score (nSPS) is 19.7. The summed E-state index contributed by atoms with van der Waals surface area (Å²) in [5.74, 6) is 0. The fourth-order valence-corrected chi connectivity index (χ4v) is 2.85. The van der Waals surface area contributed by atoms with Gasteiger partial charge in [0.2, 0.25) is 0 Å². The van der Waals surface area contributed by atoms with Gasteiger partial charge >= 0.3 is 7.12 Å². The number of hydrogen-bond acceptors (Lipinski definition) is 5. The van der Waals surface area contributed by atoms with Crippen molar-refractivity contribution in [2.45, 2.75) is 13.0 Å². The van der Waals surface area contributed by atoms with Crippen molar-refractivity contribution < 1.29 is 14.8 Å². The van der Waals surface area contributed by atoms with Gasteiger partial charge in [-0.1, -0.05) is 6.07 Å². The number of rotatable bonds is 3. The fraction of sp³-hybridized carbons (Fsp3) is 0.600. The molecule has 1 atom stereocenters. The van der Waals surface area contributed by atoms with Gasteiger partial charge in [0.15, 0.2) is 0 Å². The van der Waals surface area contributed by atoms with E-state index in [0.717, 1.165) is 26.3 Å². The number of morpholine rings is 1. The molecule has 1 fully saturated rings. The van der Waals surface area contributed by atoms with E-state index in [1.54, 1.807) is 6.07 Å². The van der Waals surface area contributed by atoms with Crippen molar-refractivity contribution in [1.82, 2.24) is 4.90 Å². The third-order valence-corrected chi connectivity index (χ3v) is 4.20. The van der Waals surface area contributed by atoms with Crippen LogP contribution in [0.15, 0.2) is 12.1 Å². The van der Waals surface area contributed by atoms with Crippen molar-refractivity contribution in [1.29, 1.82) is 0 Å². The van der Waals surface area contributed by atoms with Gasteiger partial charge in [-0.25, -0.2) is 0 Å². The first kappa shape index (κ1) is 12.1. The maximum atomic E-state index is 9.06. The van der Waals surface area contributed by atoms with Crippen molar-refractivity contribution in [3.63, 3.8) is 0 Å². The summed E-state index contributed by atoms with van der Waals surface area (Å²) in [6.45, 7) is 5.59. The van der Waals surface area contributed by atoms with E-state index >= 15 is 0 Å². The topological polar surface area (TPSA) is 52.9 Å². The zero-order chi connectivity index (χ0) is 11.5. The van der Waals surface area contributed by atoms with Crippen LogP contribution in [0.5, 0.6) is 0 Å². The van der Waals surface area contributed by atoms with Crippen molar-refractivity contribution in [2.24, 2.45) is 0 Å². The summed E-state index contributed by atoms with van der Waals surface area (Å²) >= 11 is 1.46. The van der Waals surface area contributed by atoms with Crippen LogP contribution in [0.2, 0.25) is 0 Å². The van der Waals surface area contributed by atoms with Gasteiger partial charge in [0, 0.05) is 28.8 Å². The zero-order valence-corrected chi connectivity index (χ0v) is 10.1. The van der Waals surface area contributed by atoms with Crippen molar-refractivity contribution in [2.75, 3.05) is 26.3 Å². The lowest BCUT2D eigenvalue weighted by Crippen LogP contribution is -2.37. The number of thiophene rings is 1. The molecular weight excluding hydrogens is 225 g/mol. The molecule has 0 aliphatic carbocycles. The summed E-state index contributed by atoms with van der Waals surface area (Å²) in [7, 11) is -1.35. The van der Waals surface area contributed by atoms with Gasteiger partial charge in [-0.2, -0.15) is 0 Å². The summed E-state index contributed by atoms with van der Waals surface area (Å²) < 4.78 is 5.92. The average Bonchev–Trinajstić information content (AvgIpc) is 2.78. The molecule has 2 rings (SSSR count). The van der Waals surface area contributed by atoms with Crippen LogP contribution in [0.25, 0.3) is 0 Å². The van der Waals surface area contributed by atoms with Gasteiger partial charge in [0.05, 0.1) is 13.2 Å². The molecule has 0 spiro atoms. The molecule has 0 saturated carbocycles. The summed E-state index contributed by atoms with van der Waals surface area (Å²) in [6, 6.07) is 4.07. The van der Waals surface area contributed by atoms with Gasteiger partial charge in [-0.05, 0) is 13.0 Å². The first-order chi connectivity index (χ1) is 7.68. The van der Waals surface area contributed by atoms with Crippen molar-refractivity contribution >= 4 is 23.2 Å². The van der Waals surface area contributed by atoms with Crippen LogP contribution in [-0.2, 0) is 4.74 Å². The highest BCUT2D eigenvalue weighted by Gasteiger charge is 2.21. The fourth-order valence-electron chi connectivity index (χ4n) is 1.88. The largest absolute Gasteiger partial charge is 0.499 e. The van der Waals surface area contributed by atoms with E-state index in [4.69, 9.17) is 14.8 Å². The molecule has 1 aromatic heterocycles. The number of hydrogen-bond donors (Lipinski definition) is 2. The second-order valence-corrected chi connectivity index (χ2v) is 5.09. The SMILES string of the molecule is C[C@H](c1ccc(B(O)O)s1)N1CCOCC1. The second-order valence-electron chi connectivity index (χ2n) is 3.94. The Bertz CT molecular complexity index is 339. The van der Waals surface area contributed by atoms with E-state index in [0.29, 0.717) is 10.8 Å². The quantitative estimate of drug-likeness (QED) is 0.721. The summed E-state index contributed by atoms with van der Waals surface area (Å²) in [5.41, 5.74) is 0. The lowest BCUT2D eigenvalue weighted by Gasteiger charge is -2.31. The summed E-state index contributed by atoms with van der Waals surface area (Å²) in [6.07, 6.45) is 0. The average molecular weight is 241 g/mol. The maximum absolute atomic E-state index is 9.06. The molecular formula is C10H16BNO3S. The minimum Gasteiger partial charge on any atom is -0.423 e. The van der Waals surface area contributed by atoms with Gasteiger partial charge in [0.1, 0.15) is 0 Å². The molecule has 0 amide bonds. The molecule has 16 heavy (non-hydrogen) atoms. The molecule has 1 aliphatic rings. The maximum Gasteiger partial charge on any atom is 0.499 e. The lowest BCUT2D eigenvalue weighted by molar-refractivity contribution is 0.0205. The van der Waals surface area contributed by atoms with Crippen LogP contribution in [0.1, 0.15) is 17.8 Å². The molecule has 6 heteroatoms. The first-order valence-corrected chi connectivity index (χ1v) is 6.27. The number of nitrogens with zero attached hydrogens (tertiary/aromatic N) is 1. The summed E-state index contributed by atoms with van der Waals surface area (Å²) in [4.78, 5) is 3.52. The molecule has 88 valence electrons. The van der Waals surface area contributed by atoms with Crippen LogP contribution in [0, 0.1) is 0 Å². The Labute approximate surface area is 99.6 Å². The monoisotopic (exact) mass is 241 g/mol. The Kier molecular flexibility index (Phi) is 3.99. The highest BCUT2D eigenvalue weighted by atomic mass is 32.1. The molecule has 2 heterocycles. The second kappa shape index (κ2) is 5.29. The highest BCUT2D eigenvalue weighted by molar-refractivity contribution is 7.22. The minimum absolute atomic E-state index is 0.321. The van der Waals surface area contributed by atoms with E-state index in [-0.39, 0.29) is 0 Å². The minimum atomic E-state index is -1.35. The molecule has 1 aromatic rings. The molecule has 1 aliphatic heterocycles. The molecule has 0 aromatic carbocycles. The smallest absolute Gasteiger partial charge is 0.423 e. The van der Waals surface area contributed by atoms with E-state index in [1.165, 1.54) is 16.2 Å². The Morgan fingerprint density at radius 1 is 1.38 bits per heavy atom. The van der Waals surface area contributed by atoms with Crippen LogP contribution in [0.4, 0.5) is 0 Å². The van der Waals surface area contributed by atoms with Gasteiger partial charge < -0.3 is 14.8 Å². The predicted molar refractivity (Wildman–Crippen MR) is 65.0 cm³/mol. The molecule has 0 bridgehead atoms. The van der Waals surface area contributed by atoms with Crippen LogP contribution >= 0.6 is 11.3 Å². The molecule has 0 unspecified atom stereocenters. The highest BCUT2D eigenvalue weighted by Crippen LogP contribution is 2.24. The van der Waals surface area contributed by atoms with E-state index in [1.807, 2.05) is 6.07 Å². The molecule has 2 N–H and O–H groups in total.